The first-order valence-electron chi connectivity index (χ1n) is 9.43. The van der Waals surface area contributed by atoms with Gasteiger partial charge in [0.2, 0.25) is 5.91 Å². The lowest BCUT2D eigenvalue weighted by molar-refractivity contribution is -0.135. The van der Waals surface area contributed by atoms with E-state index in [1.807, 2.05) is 30.7 Å². The Bertz CT molecular complexity index is 804. The van der Waals surface area contributed by atoms with Crippen molar-refractivity contribution in [1.82, 2.24) is 19.7 Å². The van der Waals surface area contributed by atoms with Gasteiger partial charge in [-0.1, -0.05) is 12.1 Å². The molecule has 6 heteroatoms. The van der Waals surface area contributed by atoms with Gasteiger partial charge in [0.1, 0.15) is 18.0 Å². The fraction of sp³-hybridized carbons (Fsp3) is 0.550. The van der Waals surface area contributed by atoms with Gasteiger partial charge in [0.05, 0.1) is 0 Å². The van der Waals surface area contributed by atoms with Crippen LogP contribution in [0.25, 0.3) is 0 Å². The van der Waals surface area contributed by atoms with Crippen LogP contribution in [0.1, 0.15) is 55.0 Å². The van der Waals surface area contributed by atoms with Crippen LogP contribution in [0.15, 0.2) is 24.5 Å². The summed E-state index contributed by atoms with van der Waals surface area (Å²) in [6.07, 6.45) is 6.91. The molecule has 0 spiro atoms. The van der Waals surface area contributed by atoms with Gasteiger partial charge in [0.25, 0.3) is 0 Å². The van der Waals surface area contributed by atoms with Gasteiger partial charge in [-0.15, -0.1) is 10.2 Å². The van der Waals surface area contributed by atoms with Gasteiger partial charge in [-0.05, 0) is 55.7 Å². The second kappa shape index (κ2) is 6.82. The van der Waals surface area contributed by atoms with Crippen LogP contribution in [-0.4, -0.2) is 37.7 Å². The molecule has 138 valence electrons. The Morgan fingerprint density at radius 2 is 2.00 bits per heavy atom. The lowest BCUT2D eigenvalue weighted by Gasteiger charge is -2.39. The highest BCUT2D eigenvalue weighted by molar-refractivity contribution is 5.77. The Kier molecular flexibility index (Phi) is 4.51. The van der Waals surface area contributed by atoms with Gasteiger partial charge in [-0.3, -0.25) is 4.79 Å². The summed E-state index contributed by atoms with van der Waals surface area (Å²) in [6, 6.07) is 6.10. The van der Waals surface area contributed by atoms with Crippen LogP contribution >= 0.6 is 0 Å². The number of nitrogens with zero attached hydrogens (tertiary/aromatic N) is 4. The van der Waals surface area contributed by atoms with Crippen molar-refractivity contribution in [3.8, 4) is 0 Å². The van der Waals surface area contributed by atoms with Gasteiger partial charge in [-0.2, -0.15) is 0 Å². The van der Waals surface area contributed by atoms with Crippen molar-refractivity contribution in [3.63, 3.8) is 0 Å². The largest absolute Gasteiger partial charge is 0.337 e. The first-order chi connectivity index (χ1) is 12.5. The first-order valence-corrected chi connectivity index (χ1v) is 9.43. The first kappa shape index (κ1) is 17.2. The third-order valence-corrected chi connectivity index (χ3v) is 6.04. The molecule has 4 rings (SSSR count). The van der Waals surface area contributed by atoms with Crippen LogP contribution in [0.2, 0.25) is 0 Å². The maximum atomic E-state index is 13.6. The van der Waals surface area contributed by atoms with Crippen molar-refractivity contribution in [3.05, 3.63) is 47.3 Å². The number of carbonyl (C=O) groups excluding carboxylic acids is 1. The van der Waals surface area contributed by atoms with E-state index < -0.39 is 0 Å². The summed E-state index contributed by atoms with van der Waals surface area (Å²) in [5.74, 6) is 1.36. The second-order valence-corrected chi connectivity index (χ2v) is 7.72. The number of rotatable bonds is 4. The summed E-state index contributed by atoms with van der Waals surface area (Å²) in [6.45, 7) is 1.82. The molecule has 1 aromatic heterocycles. The third kappa shape index (κ3) is 3.13. The van der Waals surface area contributed by atoms with E-state index in [4.69, 9.17) is 0 Å². The summed E-state index contributed by atoms with van der Waals surface area (Å²) >= 11 is 0. The zero-order valence-corrected chi connectivity index (χ0v) is 15.4. The van der Waals surface area contributed by atoms with E-state index >= 15 is 0 Å². The van der Waals surface area contributed by atoms with Gasteiger partial charge in [0.15, 0.2) is 0 Å². The molecule has 2 bridgehead atoms. The number of benzene rings is 1. The molecular formula is C20H25FN4O. The predicted molar refractivity (Wildman–Crippen MR) is 96.1 cm³/mol. The molecule has 2 aliphatic rings. The standard InChI is InChI=1S/C20H25FN4O/c1-13-9-14(3-6-18(13)21)15-10-16-4-5-17(11-15)25(16)20(26)8-7-19-23-22-12-24(19)2/h3,6,9,12,15-17H,4-5,7-8,10-11H2,1-2H3/t15?,16-,17+. The minimum Gasteiger partial charge on any atom is -0.337 e. The molecule has 2 fully saturated rings. The normalized spacial score (nSPS) is 24.9. The van der Waals surface area contributed by atoms with Gasteiger partial charge < -0.3 is 9.47 Å². The van der Waals surface area contributed by atoms with E-state index in [2.05, 4.69) is 15.1 Å². The smallest absolute Gasteiger partial charge is 0.223 e. The van der Waals surface area contributed by atoms with Crippen LogP contribution in [0.3, 0.4) is 0 Å². The van der Waals surface area contributed by atoms with Crippen LogP contribution in [-0.2, 0) is 18.3 Å². The molecule has 0 aliphatic carbocycles. The van der Waals surface area contributed by atoms with Crippen molar-refractivity contribution in [1.29, 1.82) is 0 Å². The van der Waals surface area contributed by atoms with Crippen molar-refractivity contribution >= 4 is 5.91 Å². The number of halogens is 1. The third-order valence-electron chi connectivity index (χ3n) is 6.04. The molecule has 3 heterocycles. The molecule has 3 atom stereocenters. The molecule has 2 saturated heterocycles. The lowest BCUT2D eigenvalue weighted by Crippen LogP contribution is -2.46. The quantitative estimate of drug-likeness (QED) is 0.846. The highest BCUT2D eigenvalue weighted by atomic mass is 19.1. The topological polar surface area (TPSA) is 51.0 Å². The Morgan fingerprint density at radius 1 is 1.27 bits per heavy atom. The number of fused-ring (bicyclic) bond motifs is 2. The summed E-state index contributed by atoms with van der Waals surface area (Å²) in [7, 11) is 1.90. The summed E-state index contributed by atoms with van der Waals surface area (Å²) in [4.78, 5) is 15.0. The summed E-state index contributed by atoms with van der Waals surface area (Å²) < 4.78 is 15.4. The lowest BCUT2D eigenvalue weighted by atomic mass is 9.84. The highest BCUT2D eigenvalue weighted by Gasteiger charge is 2.43. The molecule has 1 unspecified atom stereocenters. The van der Waals surface area contributed by atoms with E-state index in [0.29, 0.717) is 36.4 Å². The number of piperidine rings is 1. The zero-order chi connectivity index (χ0) is 18.3. The number of carbonyl (C=O) groups is 1. The van der Waals surface area contributed by atoms with E-state index in [1.165, 1.54) is 5.56 Å². The average molecular weight is 356 g/mol. The van der Waals surface area contributed by atoms with Crippen LogP contribution in [0.4, 0.5) is 4.39 Å². The maximum absolute atomic E-state index is 13.6. The fourth-order valence-corrected chi connectivity index (χ4v) is 4.66. The molecule has 5 nitrogen and oxygen atoms in total. The zero-order valence-electron chi connectivity index (χ0n) is 15.4. The Morgan fingerprint density at radius 3 is 2.62 bits per heavy atom. The number of amides is 1. The van der Waals surface area contributed by atoms with Crippen molar-refractivity contribution < 1.29 is 9.18 Å². The van der Waals surface area contributed by atoms with E-state index in [-0.39, 0.29) is 11.7 Å². The second-order valence-electron chi connectivity index (χ2n) is 7.72. The Hall–Kier alpha value is -2.24. The molecule has 1 amide bonds. The van der Waals surface area contributed by atoms with Crippen LogP contribution in [0.5, 0.6) is 0 Å². The predicted octanol–water partition coefficient (Wildman–Crippen LogP) is 3.13. The van der Waals surface area contributed by atoms with Gasteiger partial charge >= 0.3 is 0 Å². The highest BCUT2D eigenvalue weighted by Crippen LogP contribution is 2.43. The molecule has 1 aromatic carbocycles. The van der Waals surface area contributed by atoms with Crippen molar-refractivity contribution in [2.75, 3.05) is 0 Å². The molecule has 0 radical (unpaired) electrons. The maximum Gasteiger partial charge on any atom is 0.223 e. The minimum absolute atomic E-state index is 0.145. The molecule has 0 N–H and O–H groups in total. The van der Waals surface area contributed by atoms with Crippen LogP contribution in [0, 0.1) is 12.7 Å². The van der Waals surface area contributed by atoms with E-state index in [9.17, 15) is 9.18 Å². The number of hydrogen-bond acceptors (Lipinski definition) is 3. The van der Waals surface area contributed by atoms with Crippen LogP contribution < -0.4 is 0 Å². The average Bonchev–Trinajstić information content (AvgIpc) is 3.15. The number of aromatic nitrogens is 3. The molecule has 0 saturated carbocycles. The molecule has 2 aromatic rings. The molecular weight excluding hydrogens is 331 g/mol. The Balaban J connectivity index is 1.42. The molecule has 26 heavy (non-hydrogen) atoms. The summed E-state index contributed by atoms with van der Waals surface area (Å²) in [5, 5.41) is 7.94. The SMILES string of the molecule is Cc1cc(C2C[C@H]3CC[C@@H](C2)N3C(=O)CCc2nncn2C)ccc1F. The Labute approximate surface area is 153 Å². The van der Waals surface area contributed by atoms with Crippen molar-refractivity contribution in [2.45, 2.75) is 63.5 Å². The number of aryl methyl sites for hydroxylation is 3. The van der Waals surface area contributed by atoms with Crippen molar-refractivity contribution in [2.24, 2.45) is 7.05 Å². The summed E-state index contributed by atoms with van der Waals surface area (Å²) in [5.41, 5.74) is 1.92. The van der Waals surface area contributed by atoms with Gasteiger partial charge in [-0.25, -0.2) is 4.39 Å². The fourth-order valence-electron chi connectivity index (χ4n) is 4.66. The van der Waals surface area contributed by atoms with Gasteiger partial charge in [0, 0.05) is 32.0 Å². The van der Waals surface area contributed by atoms with E-state index in [0.717, 1.165) is 31.5 Å². The minimum atomic E-state index is -0.145. The monoisotopic (exact) mass is 356 g/mol. The molecule has 2 aliphatic heterocycles. The number of hydrogen-bond donors (Lipinski definition) is 0. The van der Waals surface area contributed by atoms with E-state index in [1.54, 1.807) is 12.4 Å².